The first-order valence-electron chi connectivity index (χ1n) is 6.74. The van der Waals surface area contributed by atoms with Crippen LogP contribution in [0.3, 0.4) is 0 Å². The second-order valence-corrected chi connectivity index (χ2v) is 4.39. The van der Waals surface area contributed by atoms with Crippen LogP contribution in [0.5, 0.6) is 0 Å². The third kappa shape index (κ3) is 7.43. The minimum absolute atomic E-state index is 0.249. The fourth-order valence-electron chi connectivity index (χ4n) is 1.63. The molecule has 1 aromatic carbocycles. The summed E-state index contributed by atoms with van der Waals surface area (Å²) in [6.07, 6.45) is 3.88. The summed E-state index contributed by atoms with van der Waals surface area (Å²) in [5, 5.41) is 9.57. The minimum Gasteiger partial charge on any atom is -0.376 e. The van der Waals surface area contributed by atoms with Crippen LogP contribution in [0.15, 0.2) is 30.3 Å². The van der Waals surface area contributed by atoms with Crippen molar-refractivity contribution in [2.24, 2.45) is 0 Å². The van der Waals surface area contributed by atoms with Crippen molar-refractivity contribution in [3.05, 3.63) is 35.9 Å². The Morgan fingerprint density at radius 1 is 1.11 bits per heavy atom. The molecule has 0 aliphatic rings. The van der Waals surface area contributed by atoms with Gasteiger partial charge in [-0.2, -0.15) is 0 Å². The monoisotopic (exact) mass is 252 g/mol. The highest BCUT2D eigenvalue weighted by Gasteiger charge is 2.04. The molecule has 1 unspecified atom stereocenters. The molecule has 0 fully saturated rings. The number of aliphatic hydroxyl groups excluding tert-OH is 1. The Balaban J connectivity index is 1.99. The van der Waals surface area contributed by atoms with Gasteiger partial charge >= 0.3 is 0 Å². The molecule has 102 valence electrons. The lowest BCUT2D eigenvalue weighted by atomic mass is 10.2. The highest BCUT2D eigenvalue weighted by atomic mass is 16.6. The largest absolute Gasteiger partial charge is 0.376 e. The standard InChI is InChI=1S/C15H24O3/c1-2-3-4-8-11-17-13-15(16)18-12-14-9-6-5-7-10-14/h5-7,9-10,15-16H,2-4,8,11-13H2,1H3. The van der Waals surface area contributed by atoms with Crippen molar-refractivity contribution in [1.82, 2.24) is 0 Å². The summed E-state index contributed by atoms with van der Waals surface area (Å²) < 4.78 is 10.6. The van der Waals surface area contributed by atoms with Crippen molar-refractivity contribution in [1.29, 1.82) is 0 Å². The van der Waals surface area contributed by atoms with Crippen LogP contribution in [0, 0.1) is 0 Å². The molecule has 0 heterocycles. The van der Waals surface area contributed by atoms with Gasteiger partial charge in [0.25, 0.3) is 0 Å². The summed E-state index contributed by atoms with van der Waals surface area (Å²) in [5.74, 6) is 0. The van der Waals surface area contributed by atoms with Crippen molar-refractivity contribution >= 4 is 0 Å². The second kappa shape index (κ2) is 10.1. The number of hydrogen-bond acceptors (Lipinski definition) is 3. The maximum absolute atomic E-state index is 9.57. The van der Waals surface area contributed by atoms with Crippen LogP contribution >= 0.6 is 0 Å². The molecule has 1 N–H and O–H groups in total. The fourth-order valence-corrected chi connectivity index (χ4v) is 1.63. The van der Waals surface area contributed by atoms with Crippen LogP contribution in [-0.2, 0) is 16.1 Å². The van der Waals surface area contributed by atoms with E-state index in [1.165, 1.54) is 19.3 Å². The second-order valence-electron chi connectivity index (χ2n) is 4.39. The van der Waals surface area contributed by atoms with Gasteiger partial charge < -0.3 is 14.6 Å². The van der Waals surface area contributed by atoms with Crippen molar-refractivity contribution in [3.63, 3.8) is 0 Å². The van der Waals surface area contributed by atoms with E-state index in [1.54, 1.807) is 0 Å². The Labute approximate surface area is 110 Å². The van der Waals surface area contributed by atoms with Gasteiger partial charge in [0, 0.05) is 6.61 Å². The lowest BCUT2D eigenvalue weighted by Crippen LogP contribution is -2.19. The summed E-state index contributed by atoms with van der Waals surface area (Å²) in [7, 11) is 0. The average molecular weight is 252 g/mol. The van der Waals surface area contributed by atoms with Gasteiger partial charge in [-0.25, -0.2) is 0 Å². The van der Waals surface area contributed by atoms with Gasteiger partial charge in [-0.05, 0) is 12.0 Å². The highest BCUT2D eigenvalue weighted by Crippen LogP contribution is 2.03. The molecular formula is C15H24O3. The topological polar surface area (TPSA) is 38.7 Å². The zero-order chi connectivity index (χ0) is 13.1. The number of unbranched alkanes of at least 4 members (excludes halogenated alkanes) is 3. The number of hydrogen-bond donors (Lipinski definition) is 1. The number of rotatable bonds is 10. The predicted octanol–water partition coefficient (Wildman–Crippen LogP) is 3.12. The first-order valence-corrected chi connectivity index (χ1v) is 6.74. The van der Waals surface area contributed by atoms with Crippen LogP contribution < -0.4 is 0 Å². The first kappa shape index (κ1) is 15.2. The molecular weight excluding hydrogens is 228 g/mol. The molecule has 0 radical (unpaired) electrons. The fraction of sp³-hybridized carbons (Fsp3) is 0.600. The number of ether oxygens (including phenoxy) is 2. The van der Waals surface area contributed by atoms with E-state index in [0.717, 1.165) is 12.0 Å². The predicted molar refractivity (Wildman–Crippen MR) is 72.2 cm³/mol. The minimum atomic E-state index is -0.837. The van der Waals surface area contributed by atoms with Crippen LogP contribution in [0.1, 0.15) is 38.2 Å². The van der Waals surface area contributed by atoms with Gasteiger partial charge in [0.05, 0.1) is 13.2 Å². The first-order chi connectivity index (χ1) is 8.83. The van der Waals surface area contributed by atoms with Gasteiger partial charge in [0.15, 0.2) is 6.29 Å². The van der Waals surface area contributed by atoms with Crippen LogP contribution in [-0.4, -0.2) is 24.6 Å². The van der Waals surface area contributed by atoms with Crippen molar-refractivity contribution in [3.8, 4) is 0 Å². The van der Waals surface area contributed by atoms with Gasteiger partial charge in [-0.1, -0.05) is 56.5 Å². The van der Waals surface area contributed by atoms with E-state index in [9.17, 15) is 5.11 Å². The molecule has 0 saturated carbocycles. The smallest absolute Gasteiger partial charge is 0.178 e. The molecule has 0 aromatic heterocycles. The summed E-state index contributed by atoms with van der Waals surface area (Å²) in [6.45, 7) is 3.55. The quantitative estimate of drug-likeness (QED) is 0.513. The van der Waals surface area contributed by atoms with Gasteiger partial charge in [-0.15, -0.1) is 0 Å². The van der Waals surface area contributed by atoms with Crippen molar-refractivity contribution in [2.45, 2.75) is 45.5 Å². The molecule has 1 atom stereocenters. The Bertz CT molecular complexity index is 287. The molecule has 18 heavy (non-hydrogen) atoms. The van der Waals surface area contributed by atoms with Crippen LogP contribution in [0.4, 0.5) is 0 Å². The van der Waals surface area contributed by atoms with Crippen LogP contribution in [0.25, 0.3) is 0 Å². The van der Waals surface area contributed by atoms with E-state index in [-0.39, 0.29) is 6.61 Å². The van der Waals surface area contributed by atoms with Gasteiger partial charge in [0.2, 0.25) is 0 Å². The molecule has 0 bridgehead atoms. The SMILES string of the molecule is CCCCCCOCC(O)OCc1ccccc1. The number of aliphatic hydroxyl groups is 1. The van der Waals surface area contributed by atoms with Gasteiger partial charge in [-0.3, -0.25) is 0 Å². The Kier molecular flexibility index (Phi) is 8.47. The Morgan fingerprint density at radius 3 is 2.61 bits per heavy atom. The maximum atomic E-state index is 9.57. The van der Waals surface area contributed by atoms with E-state index < -0.39 is 6.29 Å². The van der Waals surface area contributed by atoms with Gasteiger partial charge in [0.1, 0.15) is 0 Å². The normalized spacial score (nSPS) is 12.6. The van der Waals surface area contributed by atoms with Crippen LogP contribution in [0.2, 0.25) is 0 Å². The Hall–Kier alpha value is -0.900. The molecule has 3 heteroatoms. The van der Waals surface area contributed by atoms with E-state index >= 15 is 0 Å². The molecule has 1 aromatic rings. The molecule has 0 saturated heterocycles. The summed E-state index contributed by atoms with van der Waals surface area (Å²) in [6, 6.07) is 9.81. The number of benzene rings is 1. The molecule has 0 spiro atoms. The summed E-state index contributed by atoms with van der Waals surface area (Å²) >= 11 is 0. The molecule has 0 aliphatic heterocycles. The molecule has 0 aliphatic carbocycles. The Morgan fingerprint density at radius 2 is 1.89 bits per heavy atom. The van der Waals surface area contributed by atoms with E-state index in [2.05, 4.69) is 6.92 Å². The van der Waals surface area contributed by atoms with E-state index in [4.69, 9.17) is 9.47 Å². The zero-order valence-corrected chi connectivity index (χ0v) is 11.2. The van der Waals surface area contributed by atoms with Crippen molar-refractivity contribution < 1.29 is 14.6 Å². The average Bonchev–Trinajstić information content (AvgIpc) is 2.41. The molecule has 0 amide bonds. The third-order valence-corrected chi connectivity index (χ3v) is 2.69. The zero-order valence-electron chi connectivity index (χ0n) is 11.2. The maximum Gasteiger partial charge on any atom is 0.178 e. The lowest BCUT2D eigenvalue weighted by Gasteiger charge is -2.12. The third-order valence-electron chi connectivity index (χ3n) is 2.69. The van der Waals surface area contributed by atoms with Crippen molar-refractivity contribution in [2.75, 3.05) is 13.2 Å². The van der Waals surface area contributed by atoms with E-state index in [0.29, 0.717) is 13.2 Å². The summed E-state index contributed by atoms with van der Waals surface area (Å²) in [5.41, 5.74) is 1.06. The molecule has 3 nitrogen and oxygen atoms in total. The highest BCUT2D eigenvalue weighted by molar-refractivity contribution is 5.13. The summed E-state index contributed by atoms with van der Waals surface area (Å²) in [4.78, 5) is 0. The van der Waals surface area contributed by atoms with E-state index in [1.807, 2.05) is 30.3 Å². The molecule has 1 rings (SSSR count). The lowest BCUT2D eigenvalue weighted by molar-refractivity contribution is -0.144.